The highest BCUT2D eigenvalue weighted by Gasteiger charge is 2.27. The molecule has 0 aromatic heterocycles. The lowest BCUT2D eigenvalue weighted by Gasteiger charge is -2.08. The second-order valence-electron chi connectivity index (χ2n) is 4.57. The maximum Gasteiger partial charge on any atom is 0.240 e. The van der Waals surface area contributed by atoms with Crippen molar-refractivity contribution >= 4 is 10.0 Å². The Morgan fingerprint density at radius 1 is 1.26 bits per heavy atom. The minimum absolute atomic E-state index is 0.126. The number of sulfonamides is 1. The average molecular weight is 284 g/mol. The van der Waals surface area contributed by atoms with Gasteiger partial charge in [0.25, 0.3) is 0 Å². The van der Waals surface area contributed by atoms with E-state index >= 15 is 0 Å². The molecule has 1 aliphatic carbocycles. The monoisotopic (exact) mass is 284 g/mol. The maximum absolute atomic E-state index is 11.9. The normalized spacial score (nSPS) is 15.4. The van der Waals surface area contributed by atoms with Gasteiger partial charge in [-0.05, 0) is 43.7 Å². The fourth-order valence-electron chi connectivity index (χ4n) is 1.62. The predicted molar refractivity (Wildman–Crippen MR) is 73.8 cm³/mol. The van der Waals surface area contributed by atoms with E-state index < -0.39 is 10.0 Å². The van der Waals surface area contributed by atoms with Crippen LogP contribution in [0.2, 0.25) is 0 Å². The summed E-state index contributed by atoms with van der Waals surface area (Å²) >= 11 is 0. The van der Waals surface area contributed by atoms with Gasteiger partial charge in [0.1, 0.15) is 12.4 Å². The van der Waals surface area contributed by atoms with E-state index in [1.807, 2.05) is 6.92 Å². The van der Waals surface area contributed by atoms with Crippen molar-refractivity contribution in [3.05, 3.63) is 24.3 Å². The molecule has 0 unspecified atom stereocenters. The van der Waals surface area contributed by atoms with E-state index in [0.717, 1.165) is 25.9 Å². The van der Waals surface area contributed by atoms with E-state index in [9.17, 15) is 8.42 Å². The highest BCUT2D eigenvalue weighted by atomic mass is 32.2. The molecule has 6 heteroatoms. The molecule has 1 saturated carbocycles. The molecule has 0 bridgehead atoms. The summed E-state index contributed by atoms with van der Waals surface area (Å²) in [7, 11) is -3.36. The molecule has 2 N–H and O–H groups in total. The van der Waals surface area contributed by atoms with Crippen molar-refractivity contribution in [3.63, 3.8) is 0 Å². The van der Waals surface area contributed by atoms with Crippen molar-refractivity contribution in [1.82, 2.24) is 10.0 Å². The maximum atomic E-state index is 11.9. The third-order valence-corrected chi connectivity index (χ3v) is 4.37. The highest BCUT2D eigenvalue weighted by molar-refractivity contribution is 7.89. The summed E-state index contributed by atoms with van der Waals surface area (Å²) in [4.78, 5) is 0.290. The number of benzene rings is 1. The van der Waals surface area contributed by atoms with Crippen molar-refractivity contribution in [2.45, 2.75) is 30.7 Å². The second kappa shape index (κ2) is 6.36. The first kappa shape index (κ1) is 14.3. The molecule has 19 heavy (non-hydrogen) atoms. The lowest BCUT2D eigenvalue weighted by molar-refractivity contribution is 0.315. The fraction of sp³-hybridized carbons (Fsp3) is 0.538. The fourth-order valence-corrected chi connectivity index (χ4v) is 2.93. The Labute approximate surface area is 114 Å². The minimum atomic E-state index is -3.36. The molecule has 5 nitrogen and oxygen atoms in total. The van der Waals surface area contributed by atoms with Gasteiger partial charge in [-0.1, -0.05) is 6.92 Å². The molecule has 0 aliphatic heterocycles. The van der Waals surface area contributed by atoms with E-state index in [2.05, 4.69) is 10.0 Å². The molecule has 0 heterocycles. The Morgan fingerprint density at radius 2 is 1.95 bits per heavy atom. The molecule has 1 aromatic carbocycles. The van der Waals surface area contributed by atoms with Crippen molar-refractivity contribution in [2.75, 3.05) is 19.7 Å². The summed E-state index contributed by atoms with van der Waals surface area (Å²) in [6.07, 6.45) is 1.87. The first-order valence-electron chi connectivity index (χ1n) is 6.58. The largest absolute Gasteiger partial charge is 0.492 e. The number of ether oxygens (including phenoxy) is 1. The quantitative estimate of drug-likeness (QED) is 0.702. The van der Waals surface area contributed by atoms with Crippen LogP contribution >= 0.6 is 0 Å². The summed E-state index contributed by atoms with van der Waals surface area (Å²) < 4.78 is 32.0. The van der Waals surface area contributed by atoms with Gasteiger partial charge in [-0.2, -0.15) is 0 Å². The minimum Gasteiger partial charge on any atom is -0.492 e. The Hall–Kier alpha value is -1.11. The van der Waals surface area contributed by atoms with Crippen LogP contribution in [0.5, 0.6) is 5.75 Å². The van der Waals surface area contributed by atoms with Crippen LogP contribution in [0.4, 0.5) is 0 Å². The van der Waals surface area contributed by atoms with Gasteiger partial charge in [0.05, 0.1) is 4.90 Å². The molecule has 1 aromatic rings. The van der Waals surface area contributed by atoms with Gasteiger partial charge in [-0.25, -0.2) is 13.1 Å². The van der Waals surface area contributed by atoms with Gasteiger partial charge in [-0.15, -0.1) is 0 Å². The highest BCUT2D eigenvalue weighted by Crippen LogP contribution is 2.23. The van der Waals surface area contributed by atoms with Crippen LogP contribution in [-0.2, 0) is 10.0 Å². The lowest BCUT2D eigenvalue weighted by atomic mass is 10.3. The van der Waals surface area contributed by atoms with Crippen LogP contribution in [0.3, 0.4) is 0 Å². The molecule has 1 aliphatic rings. The molecule has 0 spiro atoms. The first-order chi connectivity index (χ1) is 9.12. The molecule has 1 fully saturated rings. The Bertz CT molecular complexity index is 495. The van der Waals surface area contributed by atoms with Crippen molar-refractivity contribution in [3.8, 4) is 5.75 Å². The number of nitrogens with one attached hydrogen (secondary N) is 2. The first-order valence-corrected chi connectivity index (χ1v) is 8.06. The zero-order chi connectivity index (χ0) is 13.7. The third kappa shape index (κ3) is 4.49. The predicted octanol–water partition coefficient (Wildman–Crippen LogP) is 1.12. The lowest BCUT2D eigenvalue weighted by Crippen LogP contribution is -2.25. The van der Waals surface area contributed by atoms with Crippen LogP contribution in [0.1, 0.15) is 19.8 Å². The molecular weight excluding hydrogens is 264 g/mol. The van der Waals surface area contributed by atoms with Gasteiger partial charge in [-0.3, -0.25) is 0 Å². The third-order valence-electron chi connectivity index (χ3n) is 2.83. The summed E-state index contributed by atoms with van der Waals surface area (Å²) in [5, 5.41) is 3.15. The van der Waals surface area contributed by atoms with Crippen LogP contribution in [-0.4, -0.2) is 34.2 Å². The molecule has 0 radical (unpaired) electrons. The molecular formula is C13H20N2O3S. The summed E-state index contributed by atoms with van der Waals surface area (Å²) in [5.74, 6) is 0.684. The number of hydrogen-bond donors (Lipinski definition) is 2. The van der Waals surface area contributed by atoms with Crippen molar-refractivity contribution in [1.29, 1.82) is 0 Å². The number of rotatable bonds is 8. The molecule has 106 valence electrons. The molecule has 0 atom stereocenters. The number of hydrogen-bond acceptors (Lipinski definition) is 4. The van der Waals surface area contributed by atoms with E-state index in [1.54, 1.807) is 24.3 Å². The van der Waals surface area contributed by atoms with E-state index in [4.69, 9.17) is 4.74 Å². The smallest absolute Gasteiger partial charge is 0.240 e. The zero-order valence-electron chi connectivity index (χ0n) is 11.1. The second-order valence-corrected chi connectivity index (χ2v) is 6.28. The SMILES string of the molecule is CCNCCOc1ccc(S(=O)(=O)NC2CC2)cc1. The summed E-state index contributed by atoms with van der Waals surface area (Å²) in [5.41, 5.74) is 0. The van der Waals surface area contributed by atoms with Crippen LogP contribution in [0.25, 0.3) is 0 Å². The Morgan fingerprint density at radius 3 is 2.53 bits per heavy atom. The van der Waals surface area contributed by atoms with Gasteiger partial charge in [0.2, 0.25) is 10.0 Å². The van der Waals surface area contributed by atoms with Crippen molar-refractivity contribution < 1.29 is 13.2 Å². The topological polar surface area (TPSA) is 67.4 Å². The number of likely N-dealkylation sites (N-methyl/N-ethyl adjacent to an activating group) is 1. The standard InChI is InChI=1S/C13H20N2O3S/c1-2-14-9-10-18-12-5-7-13(8-6-12)19(16,17)15-11-3-4-11/h5-8,11,14-15H,2-4,9-10H2,1H3. The van der Waals surface area contributed by atoms with Crippen LogP contribution in [0.15, 0.2) is 29.2 Å². The van der Waals surface area contributed by atoms with E-state index in [-0.39, 0.29) is 6.04 Å². The summed E-state index contributed by atoms with van der Waals surface area (Å²) in [6, 6.07) is 6.66. The molecule has 0 amide bonds. The summed E-state index contributed by atoms with van der Waals surface area (Å²) in [6.45, 7) is 4.29. The van der Waals surface area contributed by atoms with Gasteiger partial charge >= 0.3 is 0 Å². The van der Waals surface area contributed by atoms with E-state index in [0.29, 0.717) is 17.3 Å². The van der Waals surface area contributed by atoms with Gasteiger partial charge in [0.15, 0.2) is 0 Å². The van der Waals surface area contributed by atoms with Crippen LogP contribution in [0, 0.1) is 0 Å². The Balaban J connectivity index is 1.90. The average Bonchev–Trinajstić information content (AvgIpc) is 3.18. The Kier molecular flexibility index (Phi) is 4.79. The van der Waals surface area contributed by atoms with Crippen LogP contribution < -0.4 is 14.8 Å². The molecule has 0 saturated heterocycles. The van der Waals surface area contributed by atoms with Crippen molar-refractivity contribution in [2.24, 2.45) is 0 Å². The molecule has 2 rings (SSSR count). The zero-order valence-corrected chi connectivity index (χ0v) is 11.9. The van der Waals surface area contributed by atoms with Gasteiger partial charge in [0, 0.05) is 12.6 Å². The van der Waals surface area contributed by atoms with E-state index in [1.165, 1.54) is 0 Å². The van der Waals surface area contributed by atoms with Gasteiger partial charge < -0.3 is 10.1 Å².